The molecule has 2 rings (SSSR count). The Kier molecular flexibility index (Phi) is 4.31. The van der Waals surface area contributed by atoms with Crippen LogP contribution in [0.5, 0.6) is 0 Å². The highest BCUT2D eigenvalue weighted by Crippen LogP contribution is 2.21. The van der Waals surface area contributed by atoms with Crippen molar-refractivity contribution in [2.75, 3.05) is 13.2 Å². The molecule has 1 aromatic carbocycles. The second kappa shape index (κ2) is 5.70. The van der Waals surface area contributed by atoms with Crippen molar-refractivity contribution in [1.29, 1.82) is 0 Å². The number of nitrogens with two attached hydrogens (primary N) is 1. The number of benzene rings is 1. The summed E-state index contributed by atoms with van der Waals surface area (Å²) in [6, 6.07) is 2.89. The standard InChI is InChI=1S/C13H17FN2O4S/c1-13(4-6-20-7-5-13)16-12(17)10-8-9(21(15,18)19)2-3-11(10)14/h2-3,8H,4-7H2,1H3,(H,16,17)(H2,15,18,19). The molecule has 1 aliphatic rings. The third-order valence-electron chi connectivity index (χ3n) is 3.52. The highest BCUT2D eigenvalue weighted by atomic mass is 32.2. The van der Waals surface area contributed by atoms with E-state index in [1.807, 2.05) is 6.92 Å². The molecule has 0 aromatic heterocycles. The Morgan fingerprint density at radius 2 is 2.00 bits per heavy atom. The van der Waals surface area contributed by atoms with E-state index >= 15 is 0 Å². The van der Waals surface area contributed by atoms with E-state index < -0.39 is 27.3 Å². The molecule has 1 aliphatic heterocycles. The van der Waals surface area contributed by atoms with Gasteiger partial charge >= 0.3 is 0 Å². The molecule has 0 atom stereocenters. The van der Waals surface area contributed by atoms with Gasteiger partial charge in [0, 0.05) is 18.8 Å². The second-order valence-corrected chi connectivity index (χ2v) is 6.88. The number of amides is 1. The van der Waals surface area contributed by atoms with Crippen LogP contribution < -0.4 is 10.5 Å². The van der Waals surface area contributed by atoms with Gasteiger partial charge in [-0.1, -0.05) is 0 Å². The van der Waals surface area contributed by atoms with E-state index in [9.17, 15) is 17.6 Å². The van der Waals surface area contributed by atoms with Crippen LogP contribution in [0.4, 0.5) is 4.39 Å². The normalized spacial score (nSPS) is 18.2. The van der Waals surface area contributed by atoms with E-state index in [0.717, 1.165) is 18.2 Å². The summed E-state index contributed by atoms with van der Waals surface area (Å²) in [7, 11) is -3.99. The summed E-state index contributed by atoms with van der Waals surface area (Å²) in [5.41, 5.74) is -0.839. The maximum absolute atomic E-state index is 13.8. The van der Waals surface area contributed by atoms with E-state index in [-0.39, 0.29) is 10.5 Å². The minimum Gasteiger partial charge on any atom is -0.381 e. The summed E-state index contributed by atoms with van der Waals surface area (Å²) in [5, 5.41) is 7.72. The van der Waals surface area contributed by atoms with Gasteiger partial charge in [0.1, 0.15) is 5.82 Å². The molecular weight excluding hydrogens is 299 g/mol. The predicted molar refractivity (Wildman–Crippen MR) is 73.7 cm³/mol. The Balaban J connectivity index is 2.26. The monoisotopic (exact) mass is 316 g/mol. The van der Waals surface area contributed by atoms with Crippen molar-refractivity contribution < 1.29 is 22.3 Å². The molecule has 1 saturated heterocycles. The second-order valence-electron chi connectivity index (χ2n) is 5.31. The van der Waals surface area contributed by atoms with Gasteiger partial charge in [0.2, 0.25) is 10.0 Å². The maximum atomic E-state index is 13.8. The van der Waals surface area contributed by atoms with E-state index in [2.05, 4.69) is 5.32 Å². The highest BCUT2D eigenvalue weighted by molar-refractivity contribution is 7.89. The number of hydrogen-bond donors (Lipinski definition) is 2. The molecule has 3 N–H and O–H groups in total. The third-order valence-corrected chi connectivity index (χ3v) is 4.43. The Morgan fingerprint density at radius 1 is 1.38 bits per heavy atom. The van der Waals surface area contributed by atoms with Crippen molar-refractivity contribution >= 4 is 15.9 Å². The summed E-state index contributed by atoms with van der Waals surface area (Å²) in [6.07, 6.45) is 1.21. The van der Waals surface area contributed by atoms with Crippen LogP contribution >= 0.6 is 0 Å². The summed E-state index contributed by atoms with van der Waals surface area (Å²) in [5.74, 6) is -1.46. The molecule has 1 amide bonds. The summed E-state index contributed by atoms with van der Waals surface area (Å²) in [6.45, 7) is 2.86. The first kappa shape index (κ1) is 15.9. The summed E-state index contributed by atoms with van der Waals surface area (Å²) >= 11 is 0. The number of carbonyl (C=O) groups is 1. The van der Waals surface area contributed by atoms with Gasteiger partial charge in [-0.05, 0) is 38.0 Å². The van der Waals surface area contributed by atoms with Crippen LogP contribution in [0.25, 0.3) is 0 Å². The van der Waals surface area contributed by atoms with Crippen LogP contribution in [-0.2, 0) is 14.8 Å². The number of sulfonamides is 1. The summed E-state index contributed by atoms with van der Waals surface area (Å²) in [4.78, 5) is 11.9. The molecule has 0 unspecified atom stereocenters. The topological polar surface area (TPSA) is 98.5 Å². The van der Waals surface area contributed by atoms with Crippen molar-refractivity contribution in [2.24, 2.45) is 5.14 Å². The highest BCUT2D eigenvalue weighted by Gasteiger charge is 2.30. The smallest absolute Gasteiger partial charge is 0.254 e. The molecule has 8 heteroatoms. The molecule has 21 heavy (non-hydrogen) atoms. The fourth-order valence-corrected chi connectivity index (χ4v) is 2.68. The predicted octanol–water partition coefficient (Wildman–Crippen LogP) is 0.772. The first-order valence-corrected chi connectivity index (χ1v) is 7.99. The number of hydrogen-bond acceptors (Lipinski definition) is 4. The van der Waals surface area contributed by atoms with E-state index in [1.54, 1.807) is 0 Å². The van der Waals surface area contributed by atoms with Crippen LogP contribution in [0.3, 0.4) is 0 Å². The van der Waals surface area contributed by atoms with Crippen LogP contribution in [0.15, 0.2) is 23.1 Å². The number of primary sulfonamides is 1. The van der Waals surface area contributed by atoms with Crippen LogP contribution in [0.2, 0.25) is 0 Å². The molecule has 0 radical (unpaired) electrons. The van der Waals surface area contributed by atoms with Crippen LogP contribution in [0.1, 0.15) is 30.1 Å². The molecule has 1 fully saturated rings. The number of carbonyl (C=O) groups excluding carboxylic acids is 1. The number of halogens is 1. The molecule has 0 spiro atoms. The molecule has 1 aromatic rings. The zero-order valence-corrected chi connectivity index (χ0v) is 12.4. The van der Waals surface area contributed by atoms with Gasteiger partial charge in [-0.25, -0.2) is 17.9 Å². The fraction of sp³-hybridized carbons (Fsp3) is 0.462. The number of rotatable bonds is 3. The lowest BCUT2D eigenvalue weighted by molar-refractivity contribution is 0.0421. The largest absolute Gasteiger partial charge is 0.381 e. The van der Waals surface area contributed by atoms with Crippen molar-refractivity contribution in [1.82, 2.24) is 5.32 Å². The molecule has 0 bridgehead atoms. The molecule has 6 nitrogen and oxygen atoms in total. The lowest BCUT2D eigenvalue weighted by atomic mass is 9.92. The average Bonchev–Trinajstić information content (AvgIpc) is 2.38. The van der Waals surface area contributed by atoms with Gasteiger partial charge in [0.25, 0.3) is 5.91 Å². The van der Waals surface area contributed by atoms with Crippen molar-refractivity contribution in [3.63, 3.8) is 0 Å². The minimum absolute atomic E-state index is 0.300. The molecule has 116 valence electrons. The first-order valence-electron chi connectivity index (χ1n) is 6.44. The first-order chi connectivity index (χ1) is 9.71. The molecular formula is C13H17FN2O4S. The molecule has 1 heterocycles. The van der Waals surface area contributed by atoms with Crippen molar-refractivity contribution in [3.05, 3.63) is 29.6 Å². The van der Waals surface area contributed by atoms with Gasteiger partial charge in [0.15, 0.2) is 0 Å². The molecule has 0 aliphatic carbocycles. The van der Waals surface area contributed by atoms with Crippen LogP contribution in [-0.4, -0.2) is 33.1 Å². The lowest BCUT2D eigenvalue weighted by Crippen LogP contribution is -2.49. The number of nitrogens with one attached hydrogen (secondary N) is 1. The van der Waals surface area contributed by atoms with Gasteiger partial charge in [-0.15, -0.1) is 0 Å². The third kappa shape index (κ3) is 3.78. The number of ether oxygens (including phenoxy) is 1. The Morgan fingerprint density at radius 3 is 2.57 bits per heavy atom. The van der Waals surface area contributed by atoms with Gasteiger partial charge in [-0.2, -0.15) is 0 Å². The van der Waals surface area contributed by atoms with E-state index in [4.69, 9.17) is 9.88 Å². The van der Waals surface area contributed by atoms with E-state index in [0.29, 0.717) is 26.1 Å². The zero-order valence-electron chi connectivity index (χ0n) is 11.6. The summed E-state index contributed by atoms with van der Waals surface area (Å²) < 4.78 is 41.5. The van der Waals surface area contributed by atoms with Crippen molar-refractivity contribution in [2.45, 2.75) is 30.2 Å². The van der Waals surface area contributed by atoms with E-state index in [1.165, 1.54) is 0 Å². The quantitative estimate of drug-likeness (QED) is 0.860. The minimum atomic E-state index is -3.99. The van der Waals surface area contributed by atoms with Gasteiger partial charge < -0.3 is 10.1 Å². The Bertz CT molecular complexity index is 654. The van der Waals surface area contributed by atoms with Gasteiger partial charge in [0.05, 0.1) is 10.5 Å². The SMILES string of the molecule is CC1(NC(=O)c2cc(S(N)(=O)=O)ccc2F)CCOCC1. The molecule has 0 saturated carbocycles. The fourth-order valence-electron chi connectivity index (χ4n) is 2.14. The maximum Gasteiger partial charge on any atom is 0.254 e. The Hall–Kier alpha value is -1.51. The Labute approximate surface area is 122 Å². The van der Waals surface area contributed by atoms with Gasteiger partial charge in [-0.3, -0.25) is 4.79 Å². The zero-order chi connectivity index (χ0) is 15.7. The average molecular weight is 316 g/mol. The van der Waals surface area contributed by atoms with Crippen molar-refractivity contribution in [3.8, 4) is 0 Å². The lowest BCUT2D eigenvalue weighted by Gasteiger charge is -2.34. The van der Waals surface area contributed by atoms with Crippen LogP contribution in [0, 0.1) is 5.82 Å².